The van der Waals surface area contributed by atoms with E-state index < -0.39 is 0 Å². The van der Waals surface area contributed by atoms with Crippen molar-refractivity contribution < 1.29 is 9.47 Å². The molecule has 3 aromatic rings. The molecule has 0 atom stereocenters. The normalized spacial score (nSPS) is 13.5. The summed E-state index contributed by atoms with van der Waals surface area (Å²) in [5.74, 6) is 2.09. The number of benzene rings is 1. The zero-order valence-corrected chi connectivity index (χ0v) is 18.9. The Labute approximate surface area is 180 Å². The summed E-state index contributed by atoms with van der Waals surface area (Å²) in [6.45, 7) is 4.74. The molecule has 7 heteroatoms. The summed E-state index contributed by atoms with van der Waals surface area (Å²) in [5, 5.41) is 4.25. The van der Waals surface area contributed by atoms with E-state index in [9.17, 15) is 4.79 Å². The highest BCUT2D eigenvalue weighted by molar-refractivity contribution is 7.18. The zero-order chi connectivity index (χ0) is 21.3. The fourth-order valence-electron chi connectivity index (χ4n) is 4.18. The molecule has 0 saturated carbocycles. The Morgan fingerprint density at radius 3 is 2.67 bits per heavy atom. The minimum Gasteiger partial charge on any atom is -0.493 e. The number of nitrogens with zero attached hydrogens (tertiary/aromatic N) is 2. The number of aryl methyl sites for hydroxylation is 2. The molecule has 2 aromatic heterocycles. The Bertz CT molecular complexity index is 1120. The van der Waals surface area contributed by atoms with Crippen LogP contribution in [0.4, 0.5) is 5.95 Å². The van der Waals surface area contributed by atoms with Crippen LogP contribution in [-0.4, -0.2) is 30.3 Å². The van der Waals surface area contributed by atoms with Crippen LogP contribution in [0.1, 0.15) is 48.7 Å². The molecular formula is C23H29N3O3S. The van der Waals surface area contributed by atoms with E-state index in [1.54, 1.807) is 30.1 Å². The second-order valence-electron chi connectivity index (χ2n) is 7.96. The summed E-state index contributed by atoms with van der Waals surface area (Å²) in [5.41, 5.74) is 2.46. The van der Waals surface area contributed by atoms with Crippen LogP contribution < -0.4 is 20.3 Å². The van der Waals surface area contributed by atoms with Gasteiger partial charge in [0.25, 0.3) is 5.56 Å². The van der Waals surface area contributed by atoms with Crippen LogP contribution >= 0.6 is 11.3 Å². The molecule has 0 unspecified atom stereocenters. The first-order chi connectivity index (χ1) is 14.5. The Morgan fingerprint density at radius 1 is 1.17 bits per heavy atom. The van der Waals surface area contributed by atoms with Crippen LogP contribution in [0.5, 0.6) is 11.5 Å². The van der Waals surface area contributed by atoms with Crippen LogP contribution in [-0.2, 0) is 19.3 Å². The SMILES string of the molecule is COc1ccc(CCNc2nc3sc4c(c3c(=O)n2C(C)C)CCCC4)cc1OC. The van der Waals surface area contributed by atoms with Gasteiger partial charge < -0.3 is 14.8 Å². The molecule has 160 valence electrons. The van der Waals surface area contributed by atoms with Crippen molar-refractivity contribution >= 4 is 27.5 Å². The van der Waals surface area contributed by atoms with Gasteiger partial charge in [0.1, 0.15) is 4.83 Å². The first-order valence-corrected chi connectivity index (χ1v) is 11.4. The number of hydrogen-bond donors (Lipinski definition) is 1. The number of rotatable bonds is 7. The molecule has 0 fully saturated rings. The van der Waals surface area contributed by atoms with Crippen LogP contribution in [0, 0.1) is 0 Å². The average Bonchev–Trinajstić information content (AvgIpc) is 3.12. The summed E-state index contributed by atoms with van der Waals surface area (Å²) in [6, 6.07) is 5.97. The molecule has 4 rings (SSSR count). The van der Waals surface area contributed by atoms with E-state index in [1.807, 2.05) is 32.0 Å². The van der Waals surface area contributed by atoms with Gasteiger partial charge in [0.15, 0.2) is 11.5 Å². The maximum atomic E-state index is 13.4. The number of thiophene rings is 1. The zero-order valence-electron chi connectivity index (χ0n) is 18.1. The van der Waals surface area contributed by atoms with Crippen molar-refractivity contribution in [1.29, 1.82) is 0 Å². The Kier molecular flexibility index (Phi) is 5.99. The fraction of sp³-hybridized carbons (Fsp3) is 0.478. The van der Waals surface area contributed by atoms with Gasteiger partial charge >= 0.3 is 0 Å². The quantitative estimate of drug-likeness (QED) is 0.597. The third kappa shape index (κ3) is 3.78. The van der Waals surface area contributed by atoms with Gasteiger partial charge in [-0.25, -0.2) is 4.98 Å². The van der Waals surface area contributed by atoms with Crippen molar-refractivity contribution in [2.24, 2.45) is 0 Å². The lowest BCUT2D eigenvalue weighted by Gasteiger charge is -2.17. The second kappa shape index (κ2) is 8.68. The molecule has 1 aliphatic carbocycles. The van der Waals surface area contributed by atoms with Crippen molar-refractivity contribution in [3.8, 4) is 11.5 Å². The first kappa shape index (κ1) is 20.7. The Balaban J connectivity index is 1.61. The lowest BCUT2D eigenvalue weighted by atomic mass is 9.97. The van der Waals surface area contributed by atoms with Crippen LogP contribution in [0.15, 0.2) is 23.0 Å². The van der Waals surface area contributed by atoms with E-state index in [0.717, 1.165) is 53.0 Å². The molecule has 0 bridgehead atoms. The molecule has 1 N–H and O–H groups in total. The fourth-order valence-corrected chi connectivity index (χ4v) is 5.43. The maximum absolute atomic E-state index is 13.4. The van der Waals surface area contributed by atoms with Crippen LogP contribution in [0.3, 0.4) is 0 Å². The Hall–Kier alpha value is -2.54. The number of fused-ring (bicyclic) bond motifs is 3. The molecule has 0 saturated heterocycles. The van der Waals surface area contributed by atoms with E-state index in [4.69, 9.17) is 14.5 Å². The number of anilines is 1. The molecule has 6 nitrogen and oxygen atoms in total. The van der Waals surface area contributed by atoms with Crippen LogP contribution in [0.25, 0.3) is 10.2 Å². The third-order valence-electron chi connectivity index (χ3n) is 5.68. The number of aromatic nitrogens is 2. The van der Waals surface area contributed by atoms with E-state index in [1.165, 1.54) is 16.9 Å². The van der Waals surface area contributed by atoms with Crippen molar-refractivity contribution in [3.63, 3.8) is 0 Å². The van der Waals surface area contributed by atoms with Crippen molar-refractivity contribution in [2.75, 3.05) is 26.1 Å². The van der Waals surface area contributed by atoms with Gasteiger partial charge in [-0.1, -0.05) is 6.07 Å². The van der Waals surface area contributed by atoms with E-state index in [-0.39, 0.29) is 11.6 Å². The molecule has 0 spiro atoms. The molecule has 1 aromatic carbocycles. The first-order valence-electron chi connectivity index (χ1n) is 10.5. The summed E-state index contributed by atoms with van der Waals surface area (Å²) in [6.07, 6.45) is 5.21. The molecule has 1 aliphatic rings. The average molecular weight is 428 g/mol. The molecule has 0 radical (unpaired) electrons. The molecule has 0 aliphatic heterocycles. The monoisotopic (exact) mass is 427 g/mol. The molecule has 2 heterocycles. The molecular weight excluding hydrogens is 398 g/mol. The minimum atomic E-state index is 0.0390. The van der Waals surface area contributed by atoms with Gasteiger partial charge in [-0.15, -0.1) is 11.3 Å². The molecule has 30 heavy (non-hydrogen) atoms. The topological polar surface area (TPSA) is 65.4 Å². The lowest BCUT2D eigenvalue weighted by molar-refractivity contribution is 0.354. The predicted molar refractivity (Wildman–Crippen MR) is 123 cm³/mol. The number of nitrogens with one attached hydrogen (secondary N) is 1. The van der Waals surface area contributed by atoms with E-state index in [0.29, 0.717) is 12.5 Å². The third-order valence-corrected chi connectivity index (χ3v) is 6.87. The highest BCUT2D eigenvalue weighted by Crippen LogP contribution is 2.34. The summed E-state index contributed by atoms with van der Waals surface area (Å²) < 4.78 is 12.5. The van der Waals surface area contributed by atoms with Gasteiger partial charge in [-0.05, 0) is 69.2 Å². The number of hydrogen-bond acceptors (Lipinski definition) is 6. The second-order valence-corrected chi connectivity index (χ2v) is 9.05. The van der Waals surface area contributed by atoms with Gasteiger partial charge in [0.05, 0.1) is 19.6 Å². The summed E-state index contributed by atoms with van der Waals surface area (Å²) in [4.78, 5) is 20.5. The summed E-state index contributed by atoms with van der Waals surface area (Å²) >= 11 is 1.69. The maximum Gasteiger partial charge on any atom is 0.264 e. The minimum absolute atomic E-state index is 0.0390. The number of methoxy groups -OCH3 is 2. The standard InChI is InChI=1S/C23H29N3O3S/c1-14(2)26-22(27)20-16-7-5-6-8-19(16)30-21(20)25-23(26)24-12-11-15-9-10-17(28-3)18(13-15)29-4/h9-10,13-14H,5-8,11-12H2,1-4H3,(H,24,25). The van der Waals surface area contributed by atoms with Crippen molar-refractivity contribution in [2.45, 2.75) is 52.0 Å². The smallest absolute Gasteiger partial charge is 0.264 e. The highest BCUT2D eigenvalue weighted by atomic mass is 32.1. The number of ether oxygens (including phenoxy) is 2. The van der Waals surface area contributed by atoms with E-state index in [2.05, 4.69) is 5.32 Å². The van der Waals surface area contributed by atoms with Gasteiger partial charge in [0, 0.05) is 17.5 Å². The lowest BCUT2D eigenvalue weighted by Crippen LogP contribution is -2.27. The van der Waals surface area contributed by atoms with Gasteiger partial charge in [-0.2, -0.15) is 0 Å². The van der Waals surface area contributed by atoms with Crippen LogP contribution in [0.2, 0.25) is 0 Å². The summed E-state index contributed by atoms with van der Waals surface area (Å²) in [7, 11) is 3.27. The van der Waals surface area contributed by atoms with Crippen molar-refractivity contribution in [3.05, 3.63) is 44.6 Å². The largest absolute Gasteiger partial charge is 0.493 e. The predicted octanol–water partition coefficient (Wildman–Crippen LogP) is 4.59. The van der Waals surface area contributed by atoms with Gasteiger partial charge in [0.2, 0.25) is 5.95 Å². The van der Waals surface area contributed by atoms with E-state index >= 15 is 0 Å². The molecule has 0 amide bonds. The Morgan fingerprint density at radius 2 is 1.93 bits per heavy atom. The van der Waals surface area contributed by atoms with Gasteiger partial charge in [-0.3, -0.25) is 9.36 Å². The highest BCUT2D eigenvalue weighted by Gasteiger charge is 2.22. The van der Waals surface area contributed by atoms with Crippen molar-refractivity contribution in [1.82, 2.24) is 9.55 Å².